The number of nitrogens with zero attached hydrogens (tertiary/aromatic N) is 2. The van der Waals surface area contributed by atoms with Gasteiger partial charge in [-0.25, -0.2) is 10.5 Å². The standard InChI is InChI=1S/C24H25N5O3/c30-21(29-32)11-3-1-2-10-20(27-24(31)17-8-6-14-25-15-17)23-26-19-13-12-16-7-4-5-9-18(16)22(19)28-23/h4-9,12-15,20,32H,1-3,10-11H2,(H,26,28)(H,27,31)(H,29,30). The molecule has 8 heteroatoms. The van der Waals surface area contributed by atoms with E-state index in [4.69, 9.17) is 10.2 Å². The van der Waals surface area contributed by atoms with Crippen LogP contribution in [0.4, 0.5) is 0 Å². The topological polar surface area (TPSA) is 120 Å². The molecule has 0 spiro atoms. The average molecular weight is 431 g/mol. The van der Waals surface area contributed by atoms with Gasteiger partial charge in [0.2, 0.25) is 5.91 Å². The maximum Gasteiger partial charge on any atom is 0.253 e. The number of imidazole rings is 1. The number of aromatic nitrogens is 3. The number of H-pyrrole nitrogens is 1. The lowest BCUT2D eigenvalue weighted by molar-refractivity contribution is -0.129. The van der Waals surface area contributed by atoms with Crippen LogP contribution >= 0.6 is 0 Å². The van der Waals surface area contributed by atoms with Crippen molar-refractivity contribution in [3.05, 3.63) is 72.3 Å². The van der Waals surface area contributed by atoms with Crippen molar-refractivity contribution in [3.8, 4) is 0 Å². The molecular weight excluding hydrogens is 406 g/mol. The van der Waals surface area contributed by atoms with Crippen LogP contribution in [0.25, 0.3) is 21.8 Å². The zero-order valence-corrected chi connectivity index (χ0v) is 17.5. The second-order valence-electron chi connectivity index (χ2n) is 7.71. The molecule has 2 aromatic carbocycles. The van der Waals surface area contributed by atoms with Gasteiger partial charge in [-0.1, -0.05) is 43.2 Å². The third-order valence-corrected chi connectivity index (χ3v) is 5.48. The Bertz CT molecular complexity index is 1220. The van der Waals surface area contributed by atoms with Crippen LogP contribution in [-0.4, -0.2) is 32.0 Å². The summed E-state index contributed by atoms with van der Waals surface area (Å²) in [6, 6.07) is 15.3. The van der Waals surface area contributed by atoms with E-state index in [0.717, 1.165) is 34.6 Å². The maximum atomic E-state index is 12.8. The first-order valence-electron chi connectivity index (χ1n) is 10.7. The van der Waals surface area contributed by atoms with E-state index >= 15 is 0 Å². The fraction of sp³-hybridized carbons (Fsp3) is 0.250. The Kier molecular flexibility index (Phi) is 6.72. The number of fused-ring (bicyclic) bond motifs is 3. The van der Waals surface area contributed by atoms with Crippen molar-refractivity contribution in [2.24, 2.45) is 0 Å². The van der Waals surface area contributed by atoms with Gasteiger partial charge in [-0.05, 0) is 36.4 Å². The smallest absolute Gasteiger partial charge is 0.253 e. The summed E-state index contributed by atoms with van der Waals surface area (Å²) in [5.74, 6) is 0.0883. The van der Waals surface area contributed by atoms with E-state index in [2.05, 4.69) is 21.4 Å². The van der Waals surface area contributed by atoms with E-state index in [0.29, 0.717) is 24.2 Å². The number of nitrogens with one attached hydrogen (secondary N) is 3. The van der Waals surface area contributed by atoms with Crippen LogP contribution < -0.4 is 10.8 Å². The lowest BCUT2D eigenvalue weighted by Gasteiger charge is -2.16. The molecule has 0 aliphatic carbocycles. The summed E-state index contributed by atoms with van der Waals surface area (Å²) in [6.45, 7) is 0. The summed E-state index contributed by atoms with van der Waals surface area (Å²) in [5, 5.41) is 13.9. The molecule has 1 atom stereocenters. The molecular formula is C24H25N5O3. The van der Waals surface area contributed by atoms with Crippen molar-refractivity contribution in [2.45, 2.75) is 38.1 Å². The summed E-state index contributed by atoms with van der Waals surface area (Å²) < 4.78 is 0. The highest BCUT2D eigenvalue weighted by atomic mass is 16.5. The average Bonchev–Trinajstić information content (AvgIpc) is 3.28. The molecule has 0 bridgehead atoms. The number of aromatic amines is 1. The normalized spacial score (nSPS) is 12.0. The fourth-order valence-corrected chi connectivity index (χ4v) is 3.81. The molecule has 4 rings (SSSR count). The van der Waals surface area contributed by atoms with Crippen LogP contribution in [0.1, 0.15) is 54.3 Å². The molecule has 0 fully saturated rings. The van der Waals surface area contributed by atoms with Gasteiger partial charge in [0.1, 0.15) is 5.82 Å². The van der Waals surface area contributed by atoms with Crippen molar-refractivity contribution < 1.29 is 14.8 Å². The van der Waals surface area contributed by atoms with Gasteiger partial charge in [0.15, 0.2) is 0 Å². The minimum absolute atomic E-state index is 0.215. The molecule has 0 aliphatic heterocycles. The number of pyridine rings is 1. The molecule has 0 saturated carbocycles. The Morgan fingerprint density at radius 1 is 1.03 bits per heavy atom. The van der Waals surface area contributed by atoms with Crippen LogP contribution in [0.2, 0.25) is 0 Å². The van der Waals surface area contributed by atoms with Gasteiger partial charge in [0, 0.05) is 24.2 Å². The number of unbranched alkanes of at least 4 members (excludes halogenated alkanes) is 2. The molecule has 4 N–H and O–H groups in total. The molecule has 2 amide bonds. The zero-order valence-electron chi connectivity index (χ0n) is 17.5. The second kappa shape index (κ2) is 10.0. The summed E-state index contributed by atoms with van der Waals surface area (Å²) in [5.41, 5.74) is 3.92. The van der Waals surface area contributed by atoms with Crippen molar-refractivity contribution in [3.63, 3.8) is 0 Å². The lowest BCUT2D eigenvalue weighted by Crippen LogP contribution is -2.29. The van der Waals surface area contributed by atoms with Gasteiger partial charge in [-0.2, -0.15) is 0 Å². The number of benzene rings is 2. The molecule has 8 nitrogen and oxygen atoms in total. The van der Waals surface area contributed by atoms with Crippen molar-refractivity contribution in [2.75, 3.05) is 0 Å². The van der Waals surface area contributed by atoms with Crippen LogP contribution in [-0.2, 0) is 4.79 Å². The number of carbonyl (C=O) groups is 2. The Morgan fingerprint density at radius 2 is 1.91 bits per heavy atom. The Balaban J connectivity index is 1.55. The van der Waals surface area contributed by atoms with Gasteiger partial charge in [-0.15, -0.1) is 0 Å². The monoisotopic (exact) mass is 431 g/mol. The molecule has 4 aromatic rings. The minimum atomic E-state index is -0.393. The quantitative estimate of drug-likeness (QED) is 0.181. The van der Waals surface area contributed by atoms with Gasteiger partial charge >= 0.3 is 0 Å². The highest BCUT2D eigenvalue weighted by Crippen LogP contribution is 2.27. The van der Waals surface area contributed by atoms with Crippen LogP contribution in [0.3, 0.4) is 0 Å². The fourth-order valence-electron chi connectivity index (χ4n) is 3.81. The molecule has 1 unspecified atom stereocenters. The van der Waals surface area contributed by atoms with Gasteiger partial charge < -0.3 is 10.3 Å². The molecule has 0 aliphatic rings. The Hall–Kier alpha value is -3.78. The van der Waals surface area contributed by atoms with E-state index in [1.54, 1.807) is 23.8 Å². The first kappa shape index (κ1) is 21.5. The SMILES string of the molecule is O=C(CCCCCC(NC(=O)c1cccnc1)c1nc2c(ccc3ccccc32)[nH]1)NO. The molecule has 2 heterocycles. The predicted molar refractivity (Wildman–Crippen MR) is 121 cm³/mol. The summed E-state index contributed by atoms with van der Waals surface area (Å²) in [7, 11) is 0. The number of hydroxylamine groups is 1. The van der Waals surface area contributed by atoms with E-state index in [1.807, 2.05) is 30.3 Å². The van der Waals surface area contributed by atoms with Crippen LogP contribution in [0.15, 0.2) is 60.9 Å². The predicted octanol–water partition coefficient (Wildman–Crippen LogP) is 4.04. The van der Waals surface area contributed by atoms with E-state index in [-0.39, 0.29) is 18.4 Å². The molecule has 0 saturated heterocycles. The van der Waals surface area contributed by atoms with Crippen LogP contribution in [0.5, 0.6) is 0 Å². The number of hydrogen-bond acceptors (Lipinski definition) is 5. The van der Waals surface area contributed by atoms with Crippen molar-refractivity contribution in [1.82, 2.24) is 25.7 Å². The number of rotatable bonds is 9. The number of carbonyl (C=O) groups excluding carboxylic acids is 2. The van der Waals surface area contributed by atoms with Gasteiger partial charge in [0.25, 0.3) is 5.91 Å². The Morgan fingerprint density at radius 3 is 2.72 bits per heavy atom. The molecule has 32 heavy (non-hydrogen) atoms. The minimum Gasteiger partial charge on any atom is -0.342 e. The summed E-state index contributed by atoms with van der Waals surface area (Å²) in [6.07, 6.45) is 6.31. The third-order valence-electron chi connectivity index (χ3n) is 5.48. The Labute approximate surface area is 185 Å². The van der Waals surface area contributed by atoms with Gasteiger partial charge in [0.05, 0.1) is 22.6 Å². The zero-order chi connectivity index (χ0) is 22.3. The highest BCUT2D eigenvalue weighted by molar-refractivity contribution is 6.04. The molecule has 164 valence electrons. The lowest BCUT2D eigenvalue weighted by atomic mass is 10.1. The third kappa shape index (κ3) is 4.92. The van der Waals surface area contributed by atoms with Crippen molar-refractivity contribution in [1.29, 1.82) is 0 Å². The van der Waals surface area contributed by atoms with Gasteiger partial charge in [-0.3, -0.25) is 19.8 Å². The maximum absolute atomic E-state index is 12.8. The first-order chi connectivity index (χ1) is 15.7. The van der Waals surface area contributed by atoms with Crippen molar-refractivity contribution >= 4 is 33.6 Å². The van der Waals surface area contributed by atoms with E-state index in [9.17, 15) is 9.59 Å². The van der Waals surface area contributed by atoms with E-state index in [1.165, 1.54) is 6.20 Å². The molecule has 2 aromatic heterocycles. The molecule has 0 radical (unpaired) electrons. The van der Waals surface area contributed by atoms with E-state index < -0.39 is 5.91 Å². The highest BCUT2D eigenvalue weighted by Gasteiger charge is 2.20. The summed E-state index contributed by atoms with van der Waals surface area (Å²) in [4.78, 5) is 36.2. The first-order valence-corrected chi connectivity index (χ1v) is 10.7. The number of amides is 2. The second-order valence-corrected chi connectivity index (χ2v) is 7.71. The number of hydrogen-bond donors (Lipinski definition) is 4. The van der Waals surface area contributed by atoms with Crippen LogP contribution in [0, 0.1) is 0 Å². The largest absolute Gasteiger partial charge is 0.342 e. The summed E-state index contributed by atoms with van der Waals surface area (Å²) >= 11 is 0.